The van der Waals surface area contributed by atoms with Crippen LogP contribution in [-0.2, 0) is 67.0 Å². The Bertz CT molecular complexity index is 3470. The summed E-state index contributed by atoms with van der Waals surface area (Å²) in [5.41, 5.74) is 10.6. The minimum absolute atomic E-state index is 0.0471. The van der Waals surface area contributed by atoms with Gasteiger partial charge in [0, 0.05) is 210 Å². The highest BCUT2D eigenvalue weighted by Crippen LogP contribution is 2.35. The maximum Gasteiger partial charge on any atom is 0.315 e. The minimum atomic E-state index is -0.401. The van der Waals surface area contributed by atoms with Crippen LogP contribution in [-0.4, -0.2) is 331 Å². The number of benzene rings is 1. The number of unbranched alkanes of at least 4 members (excludes halogenated alkanes) is 3. The number of amides is 17. The molecular weight excluding hydrogens is 1610 g/mol. The van der Waals surface area contributed by atoms with Gasteiger partial charge in [-0.1, -0.05) is 32.3 Å². The summed E-state index contributed by atoms with van der Waals surface area (Å²) in [4.78, 5) is 186. The third-order valence-corrected chi connectivity index (χ3v) is 24.8. The number of hydrogen-bond donors (Lipinski definition) is 17. The third-order valence-electron chi connectivity index (χ3n) is 21.8. The average molecular weight is 1740 g/mol. The molecule has 0 bridgehead atoms. The fourth-order valence-corrected chi connectivity index (χ4v) is 18.3. The van der Waals surface area contributed by atoms with E-state index >= 15 is 0 Å². The first-order chi connectivity index (χ1) is 58.6. The second kappa shape index (κ2) is 57.4. The molecule has 7 rings (SSSR count). The van der Waals surface area contributed by atoms with Crippen molar-refractivity contribution in [3.8, 4) is 0 Å². The molecule has 41 heteroatoms. The predicted molar refractivity (Wildman–Crippen MR) is 457 cm³/mol. The highest BCUT2D eigenvalue weighted by Gasteiger charge is 2.45. The molecule has 1 saturated carbocycles. The number of carbonyl (C=O) groups excluding carboxylic acids is 14. The van der Waals surface area contributed by atoms with E-state index in [1.165, 1.54) is 0 Å². The third kappa shape index (κ3) is 40.7. The molecule has 9 unspecified atom stereocenters. The van der Waals surface area contributed by atoms with Crippen molar-refractivity contribution in [1.29, 1.82) is 0 Å². The van der Waals surface area contributed by atoms with E-state index in [4.69, 9.17) is 19.7 Å². The van der Waals surface area contributed by atoms with Crippen molar-refractivity contribution < 1.29 is 86.1 Å². The van der Waals surface area contributed by atoms with Gasteiger partial charge in [0.05, 0.1) is 68.2 Å². The Kier molecular flexibility index (Phi) is 47.0. The summed E-state index contributed by atoms with van der Waals surface area (Å²) in [6.45, 7) is 8.95. The summed E-state index contributed by atoms with van der Waals surface area (Å²) < 4.78 is 16.2. The van der Waals surface area contributed by atoms with E-state index in [-0.39, 0.29) is 283 Å². The van der Waals surface area contributed by atoms with Crippen molar-refractivity contribution in [3.63, 3.8) is 0 Å². The van der Waals surface area contributed by atoms with Crippen LogP contribution in [0, 0.1) is 5.92 Å². The molecule has 5 aliphatic heterocycles. The number of nitrogens with one attached hydrogen (secondary N) is 17. The molecule has 1 aliphatic carbocycles. The van der Waals surface area contributed by atoms with Crippen LogP contribution in [0.4, 0.5) is 20.1 Å². The van der Waals surface area contributed by atoms with Crippen molar-refractivity contribution in [2.45, 2.75) is 195 Å². The Balaban J connectivity index is 0.773. The zero-order valence-electron chi connectivity index (χ0n) is 70.4. The Morgan fingerprint density at radius 3 is 1.17 bits per heavy atom. The number of fused-ring (bicyclic) bond motifs is 3. The quantitative estimate of drug-likeness (QED) is 0.0122. The minimum Gasteiger partial charge on any atom is -0.377 e. The first kappa shape index (κ1) is 99.1. The van der Waals surface area contributed by atoms with E-state index in [0.29, 0.717) is 98.2 Å². The molecule has 0 spiro atoms. The van der Waals surface area contributed by atoms with Crippen LogP contribution in [0.15, 0.2) is 24.3 Å². The highest BCUT2D eigenvalue weighted by molar-refractivity contribution is 8.00. The van der Waals surface area contributed by atoms with Crippen LogP contribution >= 0.6 is 23.5 Å². The molecule has 1 aromatic rings. The van der Waals surface area contributed by atoms with E-state index in [1.54, 1.807) is 31.2 Å². The van der Waals surface area contributed by atoms with E-state index < -0.39 is 5.91 Å². The lowest BCUT2D eigenvalue weighted by atomic mass is 9.96. The molecule has 0 aromatic heterocycles. The Labute approximate surface area is 717 Å². The Hall–Kier alpha value is -8.96. The number of carbonyl (C=O) groups is 14. The zero-order chi connectivity index (χ0) is 86.8. The first-order valence-corrected chi connectivity index (χ1v) is 45.3. The number of anilines is 1. The summed E-state index contributed by atoms with van der Waals surface area (Å²) in [6, 6.07) is 7.33. The molecule has 0 radical (unpaired) electrons. The average Bonchev–Trinajstić information content (AvgIpc) is 1.68. The number of nitrogens with zero attached hydrogens (tertiary/aromatic N) is 5. The van der Waals surface area contributed by atoms with Crippen LogP contribution < -0.4 is 90.4 Å². The smallest absolute Gasteiger partial charge is 0.315 e. The Morgan fingerprint density at radius 2 is 0.760 bits per heavy atom. The van der Waals surface area contributed by atoms with Gasteiger partial charge in [0.25, 0.3) is 5.71 Å². The molecule has 9 atom stereocenters. The topological polar surface area (TPSA) is 517 Å². The number of ether oxygens (including phenoxy) is 3. The van der Waals surface area contributed by atoms with E-state index in [2.05, 4.69) is 95.2 Å². The number of hydrogen-bond acceptors (Lipinski definition) is 22. The molecule has 1 aromatic carbocycles. The lowest BCUT2D eigenvalue weighted by Crippen LogP contribution is -2.41. The standard InChI is InChI=1S/C80H132N22O17S2/c1-3-37-100(38-21-71(110)90-35-44-101(40-23-67(106)85-30-27-82-64(103)16-7-4-11-56-19-20-59-75(56)96-78(114)93-59)41-24-68(107)86-31-28-83-65(104)17-8-5-14-62-76-60(53-120-62)94-79(115)97-76)39-22-72(111)91-36-45-102(42-25-69(108)87-32-29-84-66(105)18-9-6-15-63-77-61(54-121-63)95-80(116)98-77)43-26-70(109)88-33-34-89-73(112)51-118-48-46-117-47-49-119-52-74(113)92-58-13-10-12-57(50-58)55(2)99-81/h10,12-13,50,56,59-63,75-77H,3-9,11,14-49,51-54H2,1-2H3,(H,82,103)(H,83,104)(H,84,105)(H,85,106)(H,86,107)(H,87,108)(H,88,109)(H,89,112)(H,90,110)(H,91,111)(H,92,113)(H2,93,96,114)(H2,94,97,115)(H2,95,98,116). The zero-order valence-corrected chi connectivity index (χ0v) is 72.1. The molecule has 17 N–H and O–H groups in total. The molecule has 17 amide bonds. The van der Waals surface area contributed by atoms with Crippen molar-refractivity contribution in [2.75, 3.05) is 181 Å². The summed E-state index contributed by atoms with van der Waals surface area (Å²) in [5, 5.41) is 49.8. The van der Waals surface area contributed by atoms with Gasteiger partial charge in [0.1, 0.15) is 13.2 Å². The predicted octanol–water partition coefficient (Wildman–Crippen LogP) is -0.996. The van der Waals surface area contributed by atoms with Gasteiger partial charge in [-0.25, -0.2) is 14.4 Å². The van der Waals surface area contributed by atoms with Crippen molar-refractivity contribution in [3.05, 3.63) is 35.4 Å². The normalized spacial score (nSPS) is 19.6. The van der Waals surface area contributed by atoms with Crippen LogP contribution in [0.5, 0.6) is 0 Å². The molecule has 676 valence electrons. The molecule has 5 saturated heterocycles. The molecule has 6 fully saturated rings. The fourth-order valence-electron chi connectivity index (χ4n) is 15.2. The number of rotatable bonds is 65. The van der Waals surface area contributed by atoms with E-state index in [9.17, 15) is 67.1 Å². The lowest BCUT2D eigenvalue weighted by molar-refractivity contribution is -0.127. The molecule has 121 heavy (non-hydrogen) atoms. The van der Waals surface area contributed by atoms with Gasteiger partial charge in [-0.3, -0.25) is 52.7 Å². The maximum atomic E-state index is 13.4. The number of thioether (sulfide) groups is 2. The van der Waals surface area contributed by atoms with Gasteiger partial charge in [0.2, 0.25) is 65.0 Å². The van der Waals surface area contributed by atoms with Crippen molar-refractivity contribution in [2.24, 2.45) is 5.92 Å². The first-order valence-electron chi connectivity index (χ1n) is 43.2. The maximum absolute atomic E-state index is 13.4. The summed E-state index contributed by atoms with van der Waals surface area (Å²) in [6.07, 6.45) is 11.8. The summed E-state index contributed by atoms with van der Waals surface area (Å²) in [5.74, 6) is -0.463. The summed E-state index contributed by atoms with van der Waals surface area (Å²) in [7, 11) is 0. The summed E-state index contributed by atoms with van der Waals surface area (Å²) >= 11 is 3.67. The van der Waals surface area contributed by atoms with Crippen molar-refractivity contribution >= 4 is 118 Å². The second-order valence-corrected chi connectivity index (χ2v) is 33.7. The number of urea groups is 3. The van der Waals surface area contributed by atoms with Gasteiger partial charge in [0.15, 0.2) is 0 Å². The van der Waals surface area contributed by atoms with E-state index in [1.807, 2.05) is 45.1 Å². The van der Waals surface area contributed by atoms with Gasteiger partial charge < -0.3 is 125 Å². The molecule has 39 nitrogen and oxygen atoms in total. The molecule has 5 heterocycles. The lowest BCUT2D eigenvalue weighted by Gasteiger charge is -2.23. The van der Waals surface area contributed by atoms with Crippen molar-refractivity contribution in [1.82, 2.24) is 99.8 Å². The van der Waals surface area contributed by atoms with Gasteiger partial charge in [-0.05, 0) is 88.4 Å². The fraction of sp³-hybridized carbons (Fsp3) is 0.738. The highest BCUT2D eigenvalue weighted by atomic mass is 32.2. The SMILES string of the molecule is CCCN(CCC(=O)NCCN(CCC(=O)NCCNC(=O)CCCCC1CCC2NC(=O)NC12)CCC(=O)NCCNC(=O)CCCCC1SCC2NC(=O)NC21)CCC(=O)NCCN(CCC(=O)NCCNC(=O)CCCCC1SCC2NC(=O)NC21)CCC(=O)NCCNC(=O)COCCOCCOCC(=O)Nc1cccc(C(C)=[N+]=[N-])c1. The Morgan fingerprint density at radius 1 is 0.405 bits per heavy atom. The monoisotopic (exact) mass is 1740 g/mol. The van der Waals surface area contributed by atoms with Gasteiger partial charge >= 0.3 is 18.1 Å². The second-order valence-electron chi connectivity index (χ2n) is 31.1. The molecular formula is C80H132N22O17S2. The van der Waals surface area contributed by atoms with Crippen LogP contribution in [0.2, 0.25) is 0 Å². The van der Waals surface area contributed by atoms with Crippen LogP contribution in [0.25, 0.3) is 5.53 Å². The molecule has 6 aliphatic rings. The van der Waals surface area contributed by atoms with E-state index in [0.717, 1.165) is 75.7 Å². The van der Waals surface area contributed by atoms with Crippen LogP contribution in [0.1, 0.15) is 154 Å². The van der Waals surface area contributed by atoms with Crippen LogP contribution in [0.3, 0.4) is 0 Å². The van der Waals surface area contributed by atoms with Gasteiger partial charge in [-0.2, -0.15) is 28.3 Å². The largest absolute Gasteiger partial charge is 0.377 e. The van der Waals surface area contributed by atoms with Gasteiger partial charge in [-0.15, -0.1) is 0 Å².